The second kappa shape index (κ2) is 20.6. The van der Waals surface area contributed by atoms with Gasteiger partial charge in [0.15, 0.2) is 0 Å². The van der Waals surface area contributed by atoms with Crippen LogP contribution in [0.2, 0.25) is 0 Å². The molecule has 3 nitrogen and oxygen atoms in total. The number of rotatable bonds is 16. The predicted molar refractivity (Wildman–Crippen MR) is 283 cm³/mol. The van der Waals surface area contributed by atoms with Gasteiger partial charge in [-0.1, -0.05) is 135 Å². The highest BCUT2D eigenvalue weighted by molar-refractivity contribution is 8.26. The molecule has 0 saturated heterocycles. The summed E-state index contributed by atoms with van der Waals surface area (Å²) in [7, 11) is 0. The van der Waals surface area contributed by atoms with E-state index in [0.717, 1.165) is 30.2 Å². The molecule has 5 rings (SSSR count). The number of nitrogens with zero attached hydrogens (tertiary/aromatic N) is 1. The van der Waals surface area contributed by atoms with Gasteiger partial charge >= 0.3 is 0 Å². The van der Waals surface area contributed by atoms with Crippen molar-refractivity contribution < 1.29 is 9.47 Å². The van der Waals surface area contributed by atoms with Crippen LogP contribution >= 0.6 is 70.1 Å². The first-order chi connectivity index (χ1) is 28.4. The first-order valence-corrected chi connectivity index (χ1v) is 27.4. The lowest BCUT2D eigenvalue weighted by Gasteiger charge is -2.30. The van der Waals surface area contributed by atoms with Crippen LogP contribution in [0.25, 0.3) is 19.6 Å². The van der Waals surface area contributed by atoms with Crippen LogP contribution in [0.15, 0.2) is 59.3 Å². The van der Waals surface area contributed by atoms with Crippen molar-refractivity contribution in [3.8, 4) is 11.5 Å². The number of ether oxygens (including phenoxy) is 2. The van der Waals surface area contributed by atoms with E-state index >= 15 is 0 Å². The highest BCUT2D eigenvalue weighted by atomic mass is 32.2. The summed E-state index contributed by atoms with van der Waals surface area (Å²) in [6, 6.07) is 18.6. The van der Waals surface area contributed by atoms with E-state index in [1.54, 1.807) is 0 Å². The molecular weight excluding hydrogens is 863 g/mol. The number of hydrogen-bond donors (Lipinski definition) is 0. The third-order valence-corrected chi connectivity index (χ3v) is 17.6. The van der Waals surface area contributed by atoms with Crippen LogP contribution in [-0.2, 0) is 21.7 Å². The topological polar surface area (TPSA) is 21.7 Å². The number of thioether (sulfide) groups is 2. The molecule has 0 unspecified atom stereocenters. The zero-order valence-electron chi connectivity index (χ0n) is 40.2. The van der Waals surface area contributed by atoms with E-state index in [0.29, 0.717) is 25.0 Å². The largest absolute Gasteiger partial charge is 0.493 e. The quantitative estimate of drug-likeness (QED) is 0.103. The Morgan fingerprint density at radius 3 is 1.64 bits per heavy atom. The molecule has 61 heavy (non-hydrogen) atoms. The Bertz CT molecular complexity index is 2130. The fourth-order valence-electron chi connectivity index (χ4n) is 6.87. The summed E-state index contributed by atoms with van der Waals surface area (Å²) in [5.74, 6) is 3.99. The first-order valence-electron chi connectivity index (χ1n) is 21.9. The highest BCUT2D eigenvalue weighted by Gasteiger charge is 2.35. The van der Waals surface area contributed by atoms with E-state index in [1.165, 1.54) is 62.8 Å². The van der Waals surface area contributed by atoms with Crippen molar-refractivity contribution in [2.45, 2.75) is 145 Å². The second-order valence-electron chi connectivity index (χ2n) is 21.1. The lowest BCUT2D eigenvalue weighted by molar-refractivity contribution is 0.281. The molecule has 334 valence electrons. The van der Waals surface area contributed by atoms with Gasteiger partial charge in [-0.25, -0.2) is 0 Å². The van der Waals surface area contributed by atoms with Crippen molar-refractivity contribution in [3.63, 3.8) is 0 Å². The molecular formula is C52H73NO2S6. The Balaban J connectivity index is 1.65. The van der Waals surface area contributed by atoms with E-state index in [9.17, 15) is 0 Å². The van der Waals surface area contributed by atoms with E-state index < -0.39 is 0 Å². The Kier molecular flexibility index (Phi) is 17.0. The van der Waals surface area contributed by atoms with Gasteiger partial charge in [-0.05, 0) is 123 Å². The minimum atomic E-state index is -0.0967. The van der Waals surface area contributed by atoms with Gasteiger partial charge in [-0.3, -0.25) is 0 Å². The molecule has 0 saturated carbocycles. The summed E-state index contributed by atoms with van der Waals surface area (Å²) in [5, 5.41) is 4.42. The standard InChI is InChI=1S/C52H73NO2S6/c1-33(2)22-24-54-43-37(28-35(49(5,6)7)30-39(43)51(11,12)13)45(56-17)47(41-20-18-26-57-41)59-32-53-60-46(48(61-53)42-21-19-27-58-42)38-29-36(50(8,9)10)31-40(52(14,15)16)44(38)55-25-23-34(3)4/h18-21,26-31,33-34H,22-25,32H2,1-17H3/b47-45-. The van der Waals surface area contributed by atoms with Crippen molar-refractivity contribution in [2.24, 2.45) is 11.8 Å². The lowest BCUT2D eigenvalue weighted by atomic mass is 9.78. The molecule has 9 heteroatoms. The minimum absolute atomic E-state index is 0.0239. The number of hydrogen-bond acceptors (Lipinski definition) is 9. The Morgan fingerprint density at radius 2 is 1.15 bits per heavy atom. The van der Waals surface area contributed by atoms with Gasteiger partial charge in [-0.15, -0.1) is 46.2 Å². The zero-order valence-corrected chi connectivity index (χ0v) is 45.1. The molecule has 0 aliphatic carbocycles. The highest BCUT2D eigenvalue weighted by Crippen LogP contribution is 2.59. The molecule has 0 spiro atoms. The maximum absolute atomic E-state index is 6.95. The fourth-order valence-corrected chi connectivity index (χ4v) is 13.5. The van der Waals surface area contributed by atoms with Gasteiger partial charge in [-0.2, -0.15) is 3.71 Å². The summed E-state index contributed by atoms with van der Waals surface area (Å²) in [4.78, 5) is 7.75. The molecule has 0 radical (unpaired) electrons. The predicted octanol–water partition coefficient (Wildman–Crippen LogP) is 17.9. The SMILES string of the molecule is CS/C(=C(\SCN1SC(c2cccs2)=C(c2cc(C(C)(C)C)cc(C(C)(C)C)c2OCCC(C)C)S1)c1cccs1)c1cc(C(C)(C)C)cc(C(C)(C)C)c1OCCC(C)C. The van der Waals surface area contributed by atoms with Crippen molar-refractivity contribution in [3.05, 3.63) is 102 Å². The van der Waals surface area contributed by atoms with Crippen molar-refractivity contribution in [2.75, 3.05) is 25.3 Å². The average Bonchev–Trinajstić information content (AvgIpc) is 3.95. The fraction of sp³-hybridized carbons (Fsp3) is 0.538. The molecule has 3 heterocycles. The summed E-state index contributed by atoms with van der Waals surface area (Å²) < 4.78 is 16.4. The van der Waals surface area contributed by atoms with Crippen LogP contribution in [0.3, 0.4) is 0 Å². The average molecular weight is 937 g/mol. The normalized spacial score (nSPS) is 15.1. The van der Waals surface area contributed by atoms with Crippen molar-refractivity contribution >= 4 is 89.7 Å². The Hall–Kier alpha value is -1.72. The van der Waals surface area contributed by atoms with Gasteiger partial charge in [0.1, 0.15) is 11.5 Å². The molecule has 1 aliphatic heterocycles. The first kappa shape index (κ1) is 50.3. The van der Waals surface area contributed by atoms with Crippen molar-refractivity contribution in [1.29, 1.82) is 0 Å². The molecule has 0 amide bonds. The Morgan fingerprint density at radius 1 is 0.623 bits per heavy atom. The maximum atomic E-state index is 6.95. The van der Waals surface area contributed by atoms with Crippen LogP contribution in [-0.4, -0.2) is 29.1 Å². The van der Waals surface area contributed by atoms with Crippen LogP contribution in [0.4, 0.5) is 0 Å². The second-order valence-corrected chi connectivity index (χ2v) is 27.1. The zero-order chi connectivity index (χ0) is 45.1. The van der Waals surface area contributed by atoms with E-state index in [1.807, 2.05) is 70.1 Å². The number of thiophene rings is 2. The summed E-state index contributed by atoms with van der Waals surface area (Å²) in [5.41, 5.74) is 7.41. The molecule has 2 aromatic carbocycles. The summed E-state index contributed by atoms with van der Waals surface area (Å²) in [6.07, 6.45) is 4.27. The van der Waals surface area contributed by atoms with Crippen LogP contribution in [0, 0.1) is 11.8 Å². The van der Waals surface area contributed by atoms with Gasteiger partial charge in [0.05, 0.1) is 28.9 Å². The smallest absolute Gasteiger partial charge is 0.131 e. The van der Waals surface area contributed by atoms with E-state index in [-0.39, 0.29) is 21.7 Å². The van der Waals surface area contributed by atoms with Gasteiger partial charge in [0.2, 0.25) is 0 Å². The molecule has 0 fully saturated rings. The lowest BCUT2D eigenvalue weighted by Crippen LogP contribution is -2.19. The molecule has 0 N–H and O–H groups in total. The van der Waals surface area contributed by atoms with Gasteiger partial charge < -0.3 is 9.47 Å². The monoisotopic (exact) mass is 935 g/mol. The third-order valence-electron chi connectivity index (χ3n) is 10.7. The molecule has 1 aliphatic rings. The van der Waals surface area contributed by atoms with Crippen LogP contribution in [0.5, 0.6) is 11.5 Å². The molecule has 0 bridgehead atoms. The van der Waals surface area contributed by atoms with Crippen LogP contribution in [0.1, 0.15) is 167 Å². The van der Waals surface area contributed by atoms with E-state index in [4.69, 9.17) is 9.47 Å². The minimum Gasteiger partial charge on any atom is -0.493 e. The summed E-state index contributed by atoms with van der Waals surface area (Å²) >= 11 is 11.2. The van der Waals surface area contributed by atoms with Gasteiger partial charge in [0.25, 0.3) is 0 Å². The van der Waals surface area contributed by atoms with Crippen LogP contribution < -0.4 is 9.47 Å². The Labute approximate surface area is 396 Å². The molecule has 2 aromatic heterocycles. The molecule has 0 atom stereocenters. The number of benzene rings is 2. The van der Waals surface area contributed by atoms with Gasteiger partial charge in [0, 0.05) is 41.8 Å². The third kappa shape index (κ3) is 13.0. The van der Waals surface area contributed by atoms with Crippen molar-refractivity contribution in [1.82, 2.24) is 3.71 Å². The molecule has 4 aromatic rings. The van der Waals surface area contributed by atoms with E-state index in [2.05, 4.69) is 180 Å². The maximum Gasteiger partial charge on any atom is 0.131 e. The summed E-state index contributed by atoms with van der Waals surface area (Å²) in [6.45, 7) is 38.4.